The molecule has 0 heterocycles. The summed E-state index contributed by atoms with van der Waals surface area (Å²) in [6.45, 7) is 4.05. The van der Waals surface area contributed by atoms with Crippen molar-refractivity contribution in [2.45, 2.75) is 52.0 Å². The van der Waals surface area contributed by atoms with Crippen molar-refractivity contribution in [3.05, 3.63) is 34.1 Å². The highest BCUT2D eigenvalue weighted by atomic mass is 35.5. The molecule has 0 radical (unpaired) electrons. The number of nitrogens with one attached hydrogen (secondary N) is 1. The van der Waals surface area contributed by atoms with E-state index in [1.165, 1.54) is 31.7 Å². The maximum atomic E-state index is 13.6. The van der Waals surface area contributed by atoms with E-state index in [9.17, 15) is 4.39 Å². The van der Waals surface area contributed by atoms with Crippen LogP contribution in [0.3, 0.4) is 0 Å². The predicted molar refractivity (Wildman–Crippen MR) is 79.1 cm³/mol. The fourth-order valence-corrected chi connectivity index (χ4v) is 3.88. The van der Waals surface area contributed by atoms with Gasteiger partial charge in [0, 0.05) is 11.1 Å². The van der Waals surface area contributed by atoms with Crippen molar-refractivity contribution in [3.63, 3.8) is 0 Å². The molecule has 1 fully saturated rings. The predicted octanol–water partition coefficient (Wildman–Crippen LogP) is 5.02. The Morgan fingerprint density at radius 2 is 2.00 bits per heavy atom. The Bertz CT molecular complexity index is 452. The third-order valence-electron chi connectivity index (χ3n) is 4.79. The molecule has 0 saturated heterocycles. The first-order valence-electron chi connectivity index (χ1n) is 7.17. The average molecular weight is 284 g/mol. The van der Waals surface area contributed by atoms with Crippen molar-refractivity contribution in [1.29, 1.82) is 0 Å². The molecule has 3 heteroatoms. The summed E-state index contributed by atoms with van der Waals surface area (Å²) in [5.74, 6) is -0.222. The topological polar surface area (TPSA) is 12.0 Å². The number of hydrogen-bond donors (Lipinski definition) is 1. The van der Waals surface area contributed by atoms with E-state index >= 15 is 0 Å². The van der Waals surface area contributed by atoms with Crippen molar-refractivity contribution in [3.8, 4) is 0 Å². The molecule has 1 saturated carbocycles. The summed E-state index contributed by atoms with van der Waals surface area (Å²) < 4.78 is 13.6. The van der Waals surface area contributed by atoms with Crippen LogP contribution < -0.4 is 5.32 Å². The number of aryl methyl sites for hydroxylation is 1. The lowest BCUT2D eigenvalue weighted by Crippen LogP contribution is -2.34. The lowest BCUT2D eigenvalue weighted by Gasteiger charge is -2.37. The van der Waals surface area contributed by atoms with Gasteiger partial charge in [0.1, 0.15) is 5.82 Å². The van der Waals surface area contributed by atoms with Gasteiger partial charge in [0.15, 0.2) is 0 Å². The minimum Gasteiger partial charge on any atom is -0.312 e. The molecule has 1 N–H and O–H groups in total. The van der Waals surface area contributed by atoms with Crippen molar-refractivity contribution >= 4 is 11.6 Å². The van der Waals surface area contributed by atoms with Crippen molar-refractivity contribution < 1.29 is 4.39 Å². The normalized spacial score (nSPS) is 19.6. The van der Waals surface area contributed by atoms with Crippen LogP contribution in [0.15, 0.2) is 12.1 Å². The molecule has 1 aliphatic rings. The lowest BCUT2D eigenvalue weighted by molar-refractivity contribution is 0.195. The van der Waals surface area contributed by atoms with Gasteiger partial charge in [-0.3, -0.25) is 0 Å². The van der Waals surface area contributed by atoms with E-state index in [0.717, 1.165) is 12.0 Å². The van der Waals surface area contributed by atoms with E-state index in [1.807, 2.05) is 13.1 Å². The third-order valence-corrected chi connectivity index (χ3v) is 5.12. The van der Waals surface area contributed by atoms with E-state index < -0.39 is 0 Å². The molecule has 106 valence electrons. The largest absolute Gasteiger partial charge is 0.312 e. The van der Waals surface area contributed by atoms with Crippen molar-refractivity contribution in [2.75, 3.05) is 7.05 Å². The molecule has 1 atom stereocenters. The Morgan fingerprint density at radius 3 is 2.53 bits per heavy atom. The second-order valence-corrected chi connectivity index (χ2v) is 6.17. The minimum atomic E-state index is -0.222. The van der Waals surface area contributed by atoms with Gasteiger partial charge in [-0.25, -0.2) is 4.39 Å². The van der Waals surface area contributed by atoms with Gasteiger partial charge in [0.2, 0.25) is 0 Å². The van der Waals surface area contributed by atoms with Crippen molar-refractivity contribution in [2.24, 2.45) is 5.41 Å². The monoisotopic (exact) mass is 283 g/mol. The Hall–Kier alpha value is -0.600. The molecule has 1 unspecified atom stereocenters. The fraction of sp³-hybridized carbons (Fsp3) is 0.625. The van der Waals surface area contributed by atoms with E-state index in [2.05, 4.69) is 12.2 Å². The van der Waals surface area contributed by atoms with Crippen LogP contribution >= 0.6 is 11.6 Å². The first kappa shape index (κ1) is 14.8. The zero-order valence-corrected chi connectivity index (χ0v) is 12.8. The van der Waals surface area contributed by atoms with Crippen LogP contribution in [0.4, 0.5) is 4.39 Å². The molecule has 0 bridgehead atoms. The SMILES string of the molecule is CCC1(C(NC)c2cc(C)c(F)cc2Cl)CCCC1. The first-order valence-corrected chi connectivity index (χ1v) is 7.54. The molecule has 1 aromatic rings. The Morgan fingerprint density at radius 1 is 1.37 bits per heavy atom. The van der Waals surface area contributed by atoms with E-state index in [0.29, 0.717) is 10.6 Å². The third kappa shape index (κ3) is 2.66. The quantitative estimate of drug-likeness (QED) is 0.818. The molecule has 19 heavy (non-hydrogen) atoms. The highest BCUT2D eigenvalue weighted by Crippen LogP contribution is 2.51. The van der Waals surface area contributed by atoms with Gasteiger partial charge in [-0.15, -0.1) is 0 Å². The van der Waals surface area contributed by atoms with E-state index in [1.54, 1.807) is 6.92 Å². The Balaban J connectivity index is 2.44. The summed E-state index contributed by atoms with van der Waals surface area (Å²) in [7, 11) is 1.98. The van der Waals surface area contributed by atoms with E-state index in [4.69, 9.17) is 11.6 Å². The van der Waals surface area contributed by atoms with Crippen LogP contribution in [0, 0.1) is 18.2 Å². The summed E-state index contributed by atoms with van der Waals surface area (Å²) in [6, 6.07) is 3.58. The van der Waals surface area contributed by atoms with Crippen LogP contribution in [-0.2, 0) is 0 Å². The first-order chi connectivity index (χ1) is 9.04. The van der Waals surface area contributed by atoms with Crippen LogP contribution in [0.1, 0.15) is 56.2 Å². The van der Waals surface area contributed by atoms with Gasteiger partial charge >= 0.3 is 0 Å². The lowest BCUT2D eigenvalue weighted by atomic mass is 9.73. The molecule has 1 nitrogen and oxygen atoms in total. The minimum absolute atomic E-state index is 0.215. The zero-order valence-electron chi connectivity index (χ0n) is 12.0. The summed E-state index contributed by atoms with van der Waals surface area (Å²) >= 11 is 6.29. The summed E-state index contributed by atoms with van der Waals surface area (Å²) in [4.78, 5) is 0. The smallest absolute Gasteiger partial charge is 0.127 e. The number of rotatable bonds is 4. The second-order valence-electron chi connectivity index (χ2n) is 5.77. The molecule has 0 amide bonds. The van der Waals surface area contributed by atoms with Crippen LogP contribution in [0.5, 0.6) is 0 Å². The molecule has 2 rings (SSSR count). The van der Waals surface area contributed by atoms with Gasteiger partial charge in [-0.1, -0.05) is 37.4 Å². The molecular formula is C16H23ClFN. The molecule has 0 aromatic heterocycles. The van der Waals surface area contributed by atoms with Gasteiger partial charge in [-0.05, 0) is 55.8 Å². The fourth-order valence-electron chi connectivity index (χ4n) is 3.62. The number of benzene rings is 1. The molecule has 1 aromatic carbocycles. The maximum absolute atomic E-state index is 13.6. The molecular weight excluding hydrogens is 261 g/mol. The van der Waals surface area contributed by atoms with Crippen LogP contribution in [0.25, 0.3) is 0 Å². The maximum Gasteiger partial charge on any atom is 0.127 e. The Labute approximate surface area is 120 Å². The summed E-state index contributed by atoms with van der Waals surface area (Å²) in [5.41, 5.74) is 1.98. The standard InChI is InChI=1S/C16H23ClFN/c1-4-16(7-5-6-8-16)15(19-3)12-9-11(2)14(18)10-13(12)17/h9-10,15,19H,4-8H2,1-3H3. The average Bonchev–Trinajstić information content (AvgIpc) is 2.86. The van der Waals surface area contributed by atoms with Gasteiger partial charge in [0.25, 0.3) is 0 Å². The zero-order chi connectivity index (χ0) is 14.0. The Kier molecular flexibility index (Phi) is 4.52. The van der Waals surface area contributed by atoms with Gasteiger partial charge < -0.3 is 5.32 Å². The molecule has 0 aliphatic heterocycles. The van der Waals surface area contributed by atoms with E-state index in [-0.39, 0.29) is 17.3 Å². The van der Waals surface area contributed by atoms with Crippen LogP contribution in [0.2, 0.25) is 5.02 Å². The highest BCUT2D eigenvalue weighted by Gasteiger charge is 2.40. The summed E-state index contributed by atoms with van der Waals surface area (Å²) in [5, 5.41) is 3.98. The highest BCUT2D eigenvalue weighted by molar-refractivity contribution is 6.31. The van der Waals surface area contributed by atoms with Gasteiger partial charge in [0.05, 0.1) is 0 Å². The number of hydrogen-bond acceptors (Lipinski definition) is 1. The van der Waals surface area contributed by atoms with Crippen molar-refractivity contribution in [1.82, 2.24) is 5.32 Å². The van der Waals surface area contributed by atoms with Gasteiger partial charge in [-0.2, -0.15) is 0 Å². The molecule has 1 aliphatic carbocycles. The van der Waals surface area contributed by atoms with Crippen LogP contribution in [-0.4, -0.2) is 7.05 Å². The molecule has 0 spiro atoms. The number of halogens is 2. The second kappa shape index (κ2) is 5.80. The summed E-state index contributed by atoms with van der Waals surface area (Å²) in [6.07, 6.45) is 6.14.